The van der Waals surface area contributed by atoms with Gasteiger partial charge in [0.1, 0.15) is 0 Å². The summed E-state index contributed by atoms with van der Waals surface area (Å²) in [7, 11) is 0. The van der Waals surface area contributed by atoms with Crippen LogP contribution in [0.5, 0.6) is 0 Å². The van der Waals surface area contributed by atoms with Crippen molar-refractivity contribution in [2.45, 2.75) is 32.9 Å². The maximum absolute atomic E-state index is 5.65. The zero-order valence-electron chi connectivity index (χ0n) is 12.3. The smallest absolute Gasteiger partial charge is 0.0421 e. The second kappa shape index (κ2) is 7.06. The van der Waals surface area contributed by atoms with Crippen molar-refractivity contribution in [2.75, 3.05) is 11.4 Å². The highest BCUT2D eigenvalue weighted by Gasteiger charge is 2.10. The summed E-state index contributed by atoms with van der Waals surface area (Å²) in [4.78, 5) is 6.79. The predicted molar refractivity (Wildman–Crippen MR) is 84.8 cm³/mol. The van der Waals surface area contributed by atoms with Crippen molar-refractivity contribution in [3.63, 3.8) is 0 Å². The highest BCUT2D eigenvalue weighted by molar-refractivity contribution is 5.48. The molecule has 2 N–H and O–H groups in total. The Labute approximate surface area is 121 Å². The second-order valence-corrected chi connectivity index (χ2v) is 5.23. The summed E-state index contributed by atoms with van der Waals surface area (Å²) in [6.07, 6.45) is 2.81. The predicted octanol–water partition coefficient (Wildman–Crippen LogP) is 3.00. The Kier molecular flexibility index (Phi) is 5.13. The molecule has 3 heteroatoms. The standard InChI is InChI=1S/C17H23N3/c1-14(2)20(12-10-16-5-3-4-11-19-16)17-8-6-15(13-18)7-9-17/h3-9,11,14H,10,12-13,18H2,1-2H3. The van der Waals surface area contributed by atoms with Gasteiger partial charge in [-0.3, -0.25) is 4.98 Å². The number of rotatable bonds is 6. The van der Waals surface area contributed by atoms with Crippen molar-refractivity contribution in [1.29, 1.82) is 0 Å². The maximum Gasteiger partial charge on any atom is 0.0421 e. The lowest BCUT2D eigenvalue weighted by Gasteiger charge is -2.29. The van der Waals surface area contributed by atoms with E-state index in [1.807, 2.05) is 18.3 Å². The molecule has 0 saturated heterocycles. The van der Waals surface area contributed by atoms with Gasteiger partial charge in [0.15, 0.2) is 0 Å². The van der Waals surface area contributed by atoms with Crippen LogP contribution in [-0.2, 0) is 13.0 Å². The molecule has 0 radical (unpaired) electrons. The number of aromatic nitrogens is 1. The summed E-state index contributed by atoms with van der Waals surface area (Å²) < 4.78 is 0. The molecule has 2 rings (SSSR count). The Morgan fingerprint density at radius 2 is 1.85 bits per heavy atom. The van der Waals surface area contributed by atoms with Gasteiger partial charge in [-0.15, -0.1) is 0 Å². The van der Waals surface area contributed by atoms with Crippen LogP contribution in [0.15, 0.2) is 48.7 Å². The van der Waals surface area contributed by atoms with Crippen LogP contribution >= 0.6 is 0 Å². The van der Waals surface area contributed by atoms with Crippen molar-refractivity contribution in [1.82, 2.24) is 4.98 Å². The first-order valence-electron chi connectivity index (χ1n) is 7.16. The lowest BCUT2D eigenvalue weighted by atomic mass is 10.1. The van der Waals surface area contributed by atoms with Gasteiger partial charge in [0.2, 0.25) is 0 Å². The fourth-order valence-electron chi connectivity index (χ4n) is 2.29. The fourth-order valence-corrected chi connectivity index (χ4v) is 2.29. The molecule has 0 amide bonds. The summed E-state index contributed by atoms with van der Waals surface area (Å²) in [5.41, 5.74) is 9.20. The van der Waals surface area contributed by atoms with Crippen LogP contribution in [-0.4, -0.2) is 17.6 Å². The summed E-state index contributed by atoms with van der Waals surface area (Å²) >= 11 is 0. The Balaban J connectivity index is 2.06. The maximum atomic E-state index is 5.65. The molecule has 1 aromatic carbocycles. The van der Waals surface area contributed by atoms with Gasteiger partial charge in [-0.25, -0.2) is 0 Å². The molecule has 1 aromatic heterocycles. The van der Waals surface area contributed by atoms with E-state index in [4.69, 9.17) is 5.73 Å². The Morgan fingerprint density at radius 1 is 1.10 bits per heavy atom. The Morgan fingerprint density at radius 3 is 2.40 bits per heavy atom. The van der Waals surface area contributed by atoms with Gasteiger partial charge in [-0.1, -0.05) is 18.2 Å². The minimum atomic E-state index is 0.461. The van der Waals surface area contributed by atoms with Gasteiger partial charge in [0.05, 0.1) is 0 Å². The largest absolute Gasteiger partial charge is 0.369 e. The zero-order chi connectivity index (χ0) is 14.4. The van der Waals surface area contributed by atoms with Gasteiger partial charge in [-0.05, 0) is 43.7 Å². The molecule has 0 saturated carbocycles. The molecule has 0 spiro atoms. The third-order valence-corrected chi connectivity index (χ3v) is 3.46. The number of benzene rings is 1. The molecule has 0 aliphatic carbocycles. The number of nitrogens with two attached hydrogens (primary N) is 1. The molecule has 0 bridgehead atoms. The van der Waals surface area contributed by atoms with E-state index in [0.717, 1.165) is 18.7 Å². The molecular weight excluding hydrogens is 246 g/mol. The molecule has 0 fully saturated rings. The van der Waals surface area contributed by atoms with E-state index in [2.05, 4.69) is 54.1 Å². The van der Waals surface area contributed by atoms with E-state index in [9.17, 15) is 0 Å². The van der Waals surface area contributed by atoms with E-state index in [1.54, 1.807) is 0 Å². The third-order valence-electron chi connectivity index (χ3n) is 3.46. The van der Waals surface area contributed by atoms with Crippen LogP contribution in [0.1, 0.15) is 25.1 Å². The normalized spacial score (nSPS) is 10.8. The van der Waals surface area contributed by atoms with Crippen molar-refractivity contribution < 1.29 is 0 Å². The number of nitrogens with zero attached hydrogens (tertiary/aromatic N) is 2. The SMILES string of the molecule is CC(C)N(CCc1ccccn1)c1ccc(CN)cc1. The van der Waals surface area contributed by atoms with Crippen molar-refractivity contribution in [2.24, 2.45) is 5.73 Å². The van der Waals surface area contributed by atoms with Crippen LogP contribution in [0, 0.1) is 0 Å². The molecule has 1 heterocycles. The minimum absolute atomic E-state index is 0.461. The summed E-state index contributed by atoms with van der Waals surface area (Å²) in [6.45, 7) is 6.00. The van der Waals surface area contributed by atoms with E-state index >= 15 is 0 Å². The fraction of sp³-hybridized carbons (Fsp3) is 0.353. The minimum Gasteiger partial charge on any atom is -0.369 e. The second-order valence-electron chi connectivity index (χ2n) is 5.23. The lowest BCUT2D eigenvalue weighted by Crippen LogP contribution is -2.32. The van der Waals surface area contributed by atoms with Crippen LogP contribution in [0.4, 0.5) is 5.69 Å². The highest BCUT2D eigenvalue weighted by Crippen LogP contribution is 2.18. The highest BCUT2D eigenvalue weighted by atomic mass is 15.1. The van der Waals surface area contributed by atoms with Gasteiger partial charge in [0, 0.05) is 43.1 Å². The van der Waals surface area contributed by atoms with E-state index in [1.165, 1.54) is 11.3 Å². The quantitative estimate of drug-likeness (QED) is 0.876. The Bertz CT molecular complexity index is 506. The molecular formula is C17H23N3. The number of pyridine rings is 1. The molecule has 106 valence electrons. The molecule has 0 aliphatic heterocycles. The van der Waals surface area contributed by atoms with E-state index in [0.29, 0.717) is 12.6 Å². The van der Waals surface area contributed by atoms with Gasteiger partial charge >= 0.3 is 0 Å². The number of anilines is 1. The van der Waals surface area contributed by atoms with Crippen molar-refractivity contribution in [3.8, 4) is 0 Å². The average Bonchev–Trinajstić information content (AvgIpc) is 2.49. The van der Waals surface area contributed by atoms with Crippen LogP contribution in [0.2, 0.25) is 0 Å². The van der Waals surface area contributed by atoms with Gasteiger partial charge in [-0.2, -0.15) is 0 Å². The number of hydrogen-bond donors (Lipinski definition) is 1. The molecule has 3 nitrogen and oxygen atoms in total. The van der Waals surface area contributed by atoms with E-state index in [-0.39, 0.29) is 0 Å². The van der Waals surface area contributed by atoms with Gasteiger partial charge < -0.3 is 10.6 Å². The molecule has 0 aliphatic rings. The lowest BCUT2D eigenvalue weighted by molar-refractivity contribution is 0.674. The first-order chi connectivity index (χ1) is 9.70. The number of hydrogen-bond acceptors (Lipinski definition) is 3. The third kappa shape index (κ3) is 3.81. The van der Waals surface area contributed by atoms with Crippen molar-refractivity contribution >= 4 is 5.69 Å². The molecule has 20 heavy (non-hydrogen) atoms. The van der Waals surface area contributed by atoms with E-state index < -0.39 is 0 Å². The Hall–Kier alpha value is -1.87. The monoisotopic (exact) mass is 269 g/mol. The molecule has 2 aromatic rings. The topological polar surface area (TPSA) is 42.2 Å². The summed E-state index contributed by atoms with van der Waals surface area (Å²) in [6, 6.07) is 15.0. The molecule has 0 unspecified atom stereocenters. The van der Waals surface area contributed by atoms with Crippen molar-refractivity contribution in [3.05, 3.63) is 59.9 Å². The first-order valence-corrected chi connectivity index (χ1v) is 7.16. The van der Waals surface area contributed by atoms with Crippen LogP contribution in [0.25, 0.3) is 0 Å². The van der Waals surface area contributed by atoms with Gasteiger partial charge in [0.25, 0.3) is 0 Å². The van der Waals surface area contributed by atoms with Crippen LogP contribution in [0.3, 0.4) is 0 Å². The summed E-state index contributed by atoms with van der Waals surface area (Å²) in [5.74, 6) is 0. The average molecular weight is 269 g/mol. The van der Waals surface area contributed by atoms with Crippen LogP contribution < -0.4 is 10.6 Å². The molecule has 0 atom stereocenters. The first kappa shape index (κ1) is 14.5. The summed E-state index contributed by atoms with van der Waals surface area (Å²) in [5, 5.41) is 0. The zero-order valence-corrected chi connectivity index (χ0v) is 12.3.